The summed E-state index contributed by atoms with van der Waals surface area (Å²) < 4.78 is 93.5. The van der Waals surface area contributed by atoms with E-state index in [2.05, 4.69) is 0 Å². The van der Waals surface area contributed by atoms with Crippen LogP contribution in [0.4, 0.5) is 31.1 Å². The van der Waals surface area contributed by atoms with Crippen molar-refractivity contribution in [3.63, 3.8) is 0 Å². The molecule has 2 atom stereocenters. The Morgan fingerprint density at radius 2 is 1.74 bits per heavy atom. The van der Waals surface area contributed by atoms with Crippen molar-refractivity contribution in [3.05, 3.63) is 88.7 Å². The Bertz CT molecular complexity index is 1610. The molecule has 0 bridgehead atoms. The predicted molar refractivity (Wildman–Crippen MR) is 139 cm³/mol. The molecule has 1 heterocycles. The number of amides is 3. The van der Waals surface area contributed by atoms with E-state index in [1.165, 1.54) is 37.4 Å². The lowest BCUT2D eigenvalue weighted by molar-refractivity contribution is -0.187. The average Bonchev–Trinajstić information content (AvgIpc) is 3.44. The number of imide groups is 1. The van der Waals surface area contributed by atoms with Gasteiger partial charge in [0.2, 0.25) is 11.5 Å². The van der Waals surface area contributed by atoms with Crippen LogP contribution in [-0.4, -0.2) is 53.6 Å². The Balaban J connectivity index is 1.40. The van der Waals surface area contributed by atoms with E-state index in [1.807, 2.05) is 0 Å². The second-order valence-electron chi connectivity index (χ2n) is 10.3. The fourth-order valence-electron chi connectivity index (χ4n) is 5.36. The SMILES string of the molecule is COc1cc(F)c(-c2ccc3c(c2)CC[C@@]32OC(=O)N(CC(=O)N(Cc3ccc(F)cc3)[C@@H](C)C(F)(F)F)C2=O)cc1F. The van der Waals surface area contributed by atoms with Gasteiger partial charge in [0.05, 0.1) is 7.11 Å². The van der Waals surface area contributed by atoms with Gasteiger partial charge in [0.1, 0.15) is 24.2 Å². The molecule has 5 rings (SSSR count). The van der Waals surface area contributed by atoms with Gasteiger partial charge in [-0.2, -0.15) is 13.2 Å². The number of benzene rings is 3. The zero-order valence-electron chi connectivity index (χ0n) is 22.8. The third-order valence-electron chi connectivity index (χ3n) is 7.73. The minimum absolute atomic E-state index is 0.0290. The average molecular weight is 607 g/mol. The van der Waals surface area contributed by atoms with Crippen LogP contribution < -0.4 is 4.74 Å². The molecule has 13 heteroatoms. The van der Waals surface area contributed by atoms with Crippen LogP contribution in [0.5, 0.6) is 5.75 Å². The zero-order valence-corrected chi connectivity index (χ0v) is 22.8. The van der Waals surface area contributed by atoms with Crippen LogP contribution in [0.2, 0.25) is 0 Å². The van der Waals surface area contributed by atoms with Crippen molar-refractivity contribution in [2.75, 3.05) is 13.7 Å². The number of fused-ring (bicyclic) bond motifs is 2. The standard InChI is InChI=1S/C30H24F6N2O5/c1-16(30(34,35)36)37(14-17-3-6-20(31)7-4-17)26(39)15-38-27(40)29(43-28(38)41)10-9-19-11-18(5-8-22(19)29)21-12-24(33)25(42-2)13-23(21)32/h3-8,11-13,16H,9-10,14-15H2,1-2H3/t16-,29+/m0/s1. The van der Waals surface area contributed by atoms with E-state index < -0.39 is 66.3 Å². The molecular formula is C30H24F6N2O5. The van der Waals surface area contributed by atoms with E-state index in [9.17, 15) is 40.7 Å². The van der Waals surface area contributed by atoms with Crippen molar-refractivity contribution in [1.29, 1.82) is 0 Å². The number of alkyl halides is 3. The van der Waals surface area contributed by atoms with Gasteiger partial charge in [-0.1, -0.05) is 30.3 Å². The van der Waals surface area contributed by atoms with Gasteiger partial charge in [-0.05, 0) is 48.2 Å². The van der Waals surface area contributed by atoms with Gasteiger partial charge in [-0.25, -0.2) is 22.9 Å². The molecule has 0 unspecified atom stereocenters. The maximum atomic E-state index is 14.7. The molecule has 1 aliphatic carbocycles. The van der Waals surface area contributed by atoms with Crippen LogP contribution in [0, 0.1) is 17.5 Å². The van der Waals surface area contributed by atoms with Gasteiger partial charge < -0.3 is 14.4 Å². The minimum Gasteiger partial charge on any atom is -0.494 e. The fourth-order valence-corrected chi connectivity index (χ4v) is 5.36. The van der Waals surface area contributed by atoms with Crippen molar-refractivity contribution < 1.29 is 50.2 Å². The highest BCUT2D eigenvalue weighted by atomic mass is 19.4. The first-order chi connectivity index (χ1) is 20.2. The van der Waals surface area contributed by atoms with E-state index in [-0.39, 0.29) is 40.8 Å². The summed E-state index contributed by atoms with van der Waals surface area (Å²) in [5.74, 6) is -4.55. The maximum absolute atomic E-state index is 14.7. The van der Waals surface area contributed by atoms with Crippen LogP contribution >= 0.6 is 0 Å². The van der Waals surface area contributed by atoms with Gasteiger partial charge >= 0.3 is 12.3 Å². The van der Waals surface area contributed by atoms with Crippen LogP contribution in [-0.2, 0) is 32.9 Å². The van der Waals surface area contributed by atoms with Crippen molar-refractivity contribution in [2.24, 2.45) is 0 Å². The topological polar surface area (TPSA) is 76.2 Å². The summed E-state index contributed by atoms with van der Waals surface area (Å²) in [6, 6.07) is 8.46. The summed E-state index contributed by atoms with van der Waals surface area (Å²) in [5, 5.41) is 0. The molecule has 3 amide bonds. The number of aryl methyl sites for hydroxylation is 1. The second kappa shape index (κ2) is 10.9. The lowest BCUT2D eigenvalue weighted by Gasteiger charge is -2.31. The Morgan fingerprint density at radius 1 is 1.05 bits per heavy atom. The summed E-state index contributed by atoms with van der Waals surface area (Å²) >= 11 is 0. The molecule has 1 spiro atoms. The normalized spacial score (nSPS) is 18.6. The van der Waals surface area contributed by atoms with Crippen LogP contribution in [0.25, 0.3) is 11.1 Å². The highest BCUT2D eigenvalue weighted by Gasteiger charge is 2.58. The largest absolute Gasteiger partial charge is 0.494 e. The second-order valence-corrected chi connectivity index (χ2v) is 10.3. The lowest BCUT2D eigenvalue weighted by atomic mass is 9.92. The van der Waals surface area contributed by atoms with E-state index in [0.29, 0.717) is 15.4 Å². The maximum Gasteiger partial charge on any atom is 0.418 e. The third-order valence-corrected chi connectivity index (χ3v) is 7.73. The van der Waals surface area contributed by atoms with Gasteiger partial charge in [-0.15, -0.1) is 0 Å². The molecular weight excluding hydrogens is 582 g/mol. The first kappa shape index (κ1) is 29.9. The smallest absolute Gasteiger partial charge is 0.418 e. The first-order valence-electron chi connectivity index (χ1n) is 13.1. The molecule has 0 N–H and O–H groups in total. The number of halogens is 6. The summed E-state index contributed by atoms with van der Waals surface area (Å²) in [5.41, 5.74) is -0.629. The molecule has 3 aromatic carbocycles. The van der Waals surface area contributed by atoms with E-state index in [4.69, 9.17) is 9.47 Å². The highest BCUT2D eigenvalue weighted by Crippen LogP contribution is 2.46. The number of carbonyl (C=O) groups is 3. The van der Waals surface area contributed by atoms with Gasteiger partial charge in [-0.3, -0.25) is 9.59 Å². The van der Waals surface area contributed by atoms with Crippen LogP contribution in [0.1, 0.15) is 30.0 Å². The van der Waals surface area contributed by atoms with Crippen molar-refractivity contribution >= 4 is 17.9 Å². The van der Waals surface area contributed by atoms with Gasteiger partial charge in [0.25, 0.3) is 5.91 Å². The quantitative estimate of drug-likeness (QED) is 0.314. The number of carbonyl (C=O) groups excluding carboxylic acids is 3. The number of hydrogen-bond donors (Lipinski definition) is 0. The minimum atomic E-state index is -4.83. The van der Waals surface area contributed by atoms with Crippen LogP contribution in [0.15, 0.2) is 54.6 Å². The third kappa shape index (κ3) is 5.39. The Hall–Kier alpha value is -4.55. The molecule has 1 fully saturated rings. The molecule has 1 saturated heterocycles. The number of hydrogen-bond acceptors (Lipinski definition) is 5. The summed E-state index contributed by atoms with van der Waals surface area (Å²) in [6.07, 6.45) is -5.87. The highest BCUT2D eigenvalue weighted by molar-refractivity contribution is 6.06. The fraction of sp³-hybridized carbons (Fsp3) is 0.300. The Morgan fingerprint density at radius 3 is 2.40 bits per heavy atom. The van der Waals surface area contributed by atoms with Gasteiger partial charge in [0.15, 0.2) is 11.6 Å². The molecule has 2 aliphatic rings. The number of rotatable bonds is 7. The molecule has 226 valence electrons. The summed E-state index contributed by atoms with van der Waals surface area (Å²) in [7, 11) is 1.20. The molecule has 0 saturated carbocycles. The molecule has 1 aliphatic heterocycles. The number of nitrogens with zero attached hydrogens (tertiary/aromatic N) is 2. The molecule has 0 aromatic heterocycles. The molecule has 3 aromatic rings. The van der Waals surface area contributed by atoms with E-state index in [1.54, 1.807) is 0 Å². The lowest BCUT2D eigenvalue weighted by Crippen LogP contribution is -2.51. The van der Waals surface area contributed by atoms with Crippen LogP contribution in [0.3, 0.4) is 0 Å². The summed E-state index contributed by atoms with van der Waals surface area (Å²) in [6.45, 7) is -0.823. The molecule has 7 nitrogen and oxygen atoms in total. The monoisotopic (exact) mass is 606 g/mol. The van der Waals surface area contributed by atoms with Gasteiger partial charge in [0, 0.05) is 30.2 Å². The number of methoxy groups -OCH3 is 1. The van der Waals surface area contributed by atoms with Crippen molar-refractivity contribution in [3.8, 4) is 16.9 Å². The zero-order chi connectivity index (χ0) is 31.3. The van der Waals surface area contributed by atoms with Crippen molar-refractivity contribution in [2.45, 2.75) is 44.1 Å². The molecule has 43 heavy (non-hydrogen) atoms. The van der Waals surface area contributed by atoms with E-state index in [0.717, 1.165) is 31.2 Å². The molecule has 0 radical (unpaired) electrons. The Labute approximate surface area is 241 Å². The predicted octanol–water partition coefficient (Wildman–Crippen LogP) is 5.88. The first-order valence-corrected chi connectivity index (χ1v) is 13.1. The Kier molecular flexibility index (Phi) is 7.61. The van der Waals surface area contributed by atoms with Crippen molar-refractivity contribution in [1.82, 2.24) is 9.80 Å². The summed E-state index contributed by atoms with van der Waals surface area (Å²) in [4.78, 5) is 40.5. The van der Waals surface area contributed by atoms with E-state index >= 15 is 0 Å². The number of ether oxygens (including phenoxy) is 2.